The van der Waals surface area contributed by atoms with Gasteiger partial charge in [0.2, 0.25) is 0 Å². The van der Waals surface area contributed by atoms with E-state index < -0.39 is 0 Å². The Morgan fingerprint density at radius 1 is 1.04 bits per heavy atom. The molecule has 0 spiro atoms. The third-order valence-electron chi connectivity index (χ3n) is 4.93. The largest absolute Gasteiger partial charge is 0.342 e. The van der Waals surface area contributed by atoms with Gasteiger partial charge < -0.3 is 9.88 Å². The number of rotatable bonds is 5. The van der Waals surface area contributed by atoms with Gasteiger partial charge >= 0.3 is 0 Å². The minimum absolute atomic E-state index is 0.470. The minimum atomic E-state index is 0.470. The van der Waals surface area contributed by atoms with Crippen LogP contribution in [0.1, 0.15) is 33.5 Å². The van der Waals surface area contributed by atoms with Crippen LogP contribution >= 0.6 is 12.2 Å². The van der Waals surface area contributed by atoms with Gasteiger partial charge in [0.15, 0.2) is 5.11 Å². The van der Waals surface area contributed by atoms with E-state index in [4.69, 9.17) is 12.2 Å². The highest BCUT2D eigenvalue weighted by Crippen LogP contribution is 2.17. The summed E-state index contributed by atoms with van der Waals surface area (Å²) < 4.78 is 2.17. The van der Waals surface area contributed by atoms with Crippen LogP contribution in [0, 0.1) is 27.7 Å². The Balaban J connectivity index is 1.64. The van der Waals surface area contributed by atoms with Gasteiger partial charge in [-0.05, 0) is 80.4 Å². The van der Waals surface area contributed by atoms with Gasteiger partial charge in [0.25, 0.3) is 0 Å². The second-order valence-corrected chi connectivity index (χ2v) is 7.47. The maximum Gasteiger partial charge on any atom is 0.191 e. The maximum absolute atomic E-state index is 5.36. The third-order valence-corrected chi connectivity index (χ3v) is 5.12. The van der Waals surface area contributed by atoms with E-state index in [-0.39, 0.29) is 0 Å². The van der Waals surface area contributed by atoms with Gasteiger partial charge in [-0.1, -0.05) is 35.9 Å². The first-order valence-electron chi connectivity index (χ1n) is 9.31. The highest BCUT2D eigenvalue weighted by atomic mass is 32.1. The summed E-state index contributed by atoms with van der Waals surface area (Å²) in [7, 11) is 0. The molecule has 1 aromatic heterocycles. The van der Waals surface area contributed by atoms with Gasteiger partial charge in [-0.3, -0.25) is 5.43 Å². The van der Waals surface area contributed by atoms with Gasteiger partial charge in [-0.2, -0.15) is 5.10 Å². The van der Waals surface area contributed by atoms with E-state index in [1.165, 1.54) is 27.8 Å². The summed E-state index contributed by atoms with van der Waals surface area (Å²) in [5.74, 6) is 0. The molecule has 0 unspecified atom stereocenters. The van der Waals surface area contributed by atoms with Crippen molar-refractivity contribution >= 4 is 29.2 Å². The normalized spacial score (nSPS) is 11.0. The van der Waals surface area contributed by atoms with Gasteiger partial charge in [-0.25, -0.2) is 0 Å². The monoisotopic (exact) mass is 390 g/mol. The van der Waals surface area contributed by atoms with Crippen LogP contribution in [0.4, 0.5) is 5.69 Å². The first-order chi connectivity index (χ1) is 13.4. The van der Waals surface area contributed by atoms with Gasteiger partial charge in [0.1, 0.15) is 0 Å². The molecule has 4 nitrogen and oxygen atoms in total. The van der Waals surface area contributed by atoms with Crippen molar-refractivity contribution in [2.24, 2.45) is 5.10 Å². The molecule has 0 saturated carbocycles. The molecule has 28 heavy (non-hydrogen) atoms. The van der Waals surface area contributed by atoms with Crippen LogP contribution in [0.2, 0.25) is 0 Å². The van der Waals surface area contributed by atoms with E-state index in [0.29, 0.717) is 5.11 Å². The maximum atomic E-state index is 5.36. The predicted octanol–water partition coefficient (Wildman–Crippen LogP) is 5.09. The van der Waals surface area contributed by atoms with Crippen molar-refractivity contribution < 1.29 is 0 Å². The molecule has 0 radical (unpaired) electrons. The predicted molar refractivity (Wildman–Crippen MR) is 122 cm³/mol. The van der Waals surface area contributed by atoms with Crippen LogP contribution in [-0.4, -0.2) is 15.9 Å². The minimum Gasteiger partial charge on any atom is -0.342 e. The average molecular weight is 391 g/mol. The zero-order valence-corrected chi connectivity index (χ0v) is 17.6. The number of thiocarbonyl (C=S) groups is 1. The fourth-order valence-electron chi connectivity index (χ4n) is 3.04. The molecule has 0 fully saturated rings. The summed E-state index contributed by atoms with van der Waals surface area (Å²) in [5.41, 5.74) is 11.2. The Morgan fingerprint density at radius 2 is 1.86 bits per heavy atom. The van der Waals surface area contributed by atoms with Crippen molar-refractivity contribution in [1.29, 1.82) is 0 Å². The molecule has 144 valence electrons. The zero-order valence-electron chi connectivity index (χ0n) is 16.8. The van der Waals surface area contributed by atoms with Crippen LogP contribution in [0.25, 0.3) is 0 Å². The molecule has 2 aromatic carbocycles. The SMILES string of the molecule is Cc1ccc(C)c(Cn2cccc2C=NNC(=S)Nc2cccc(C)c2C)c1. The molecule has 0 amide bonds. The van der Waals surface area contributed by atoms with Crippen LogP contribution in [0.15, 0.2) is 59.8 Å². The molecule has 1 heterocycles. The number of benzene rings is 2. The Hall–Kier alpha value is -2.92. The molecular weight excluding hydrogens is 364 g/mol. The third kappa shape index (κ3) is 4.87. The van der Waals surface area contributed by atoms with Crippen molar-refractivity contribution in [3.63, 3.8) is 0 Å². The number of hydrogen-bond donors (Lipinski definition) is 2. The second-order valence-electron chi connectivity index (χ2n) is 7.06. The highest BCUT2D eigenvalue weighted by Gasteiger charge is 2.04. The summed E-state index contributed by atoms with van der Waals surface area (Å²) >= 11 is 5.36. The van der Waals surface area contributed by atoms with Crippen LogP contribution in [0.5, 0.6) is 0 Å². The average Bonchev–Trinajstić information content (AvgIpc) is 3.09. The van der Waals surface area contributed by atoms with Gasteiger partial charge in [-0.15, -0.1) is 0 Å². The smallest absolute Gasteiger partial charge is 0.191 e. The standard InChI is InChI=1S/C23H26N4S/c1-16-10-11-18(3)20(13-16)15-27-12-6-8-21(27)14-24-26-23(28)25-22-9-5-7-17(2)19(22)4/h5-14H,15H2,1-4H3,(H2,25,26,28). The molecule has 0 aliphatic rings. The van der Waals surface area contributed by atoms with Crippen LogP contribution in [-0.2, 0) is 6.54 Å². The lowest BCUT2D eigenvalue weighted by atomic mass is 10.1. The molecule has 3 aromatic rings. The fraction of sp³-hybridized carbons (Fsp3) is 0.217. The highest BCUT2D eigenvalue weighted by molar-refractivity contribution is 7.80. The van der Waals surface area contributed by atoms with Crippen molar-refractivity contribution in [3.8, 4) is 0 Å². The summed E-state index contributed by atoms with van der Waals surface area (Å²) in [6.45, 7) is 9.23. The van der Waals surface area contributed by atoms with E-state index in [1.807, 2.05) is 24.3 Å². The number of anilines is 1. The Morgan fingerprint density at radius 3 is 2.68 bits per heavy atom. The number of hydrogen-bond acceptors (Lipinski definition) is 2. The molecule has 0 aliphatic carbocycles. The fourth-order valence-corrected chi connectivity index (χ4v) is 3.20. The molecule has 3 rings (SSSR count). The number of aromatic nitrogens is 1. The summed E-state index contributed by atoms with van der Waals surface area (Å²) in [6, 6.07) is 16.7. The molecule has 5 heteroatoms. The lowest BCUT2D eigenvalue weighted by Crippen LogP contribution is -2.24. The number of nitrogens with one attached hydrogen (secondary N) is 2. The number of aryl methyl sites for hydroxylation is 3. The summed E-state index contributed by atoms with van der Waals surface area (Å²) in [6.07, 6.45) is 3.86. The Labute approximate surface area is 172 Å². The number of nitrogens with zero attached hydrogens (tertiary/aromatic N) is 2. The van der Waals surface area contributed by atoms with Crippen LogP contribution in [0.3, 0.4) is 0 Å². The lowest BCUT2D eigenvalue weighted by molar-refractivity contribution is 0.793. The van der Waals surface area contributed by atoms with E-state index >= 15 is 0 Å². The first-order valence-corrected chi connectivity index (χ1v) is 9.72. The van der Waals surface area contributed by atoms with Crippen molar-refractivity contribution in [1.82, 2.24) is 9.99 Å². The lowest BCUT2D eigenvalue weighted by Gasteiger charge is -2.12. The quantitative estimate of drug-likeness (QED) is 0.362. The van der Waals surface area contributed by atoms with E-state index in [2.05, 4.69) is 78.6 Å². The molecule has 0 bridgehead atoms. The van der Waals surface area contributed by atoms with E-state index in [1.54, 1.807) is 6.21 Å². The topological polar surface area (TPSA) is 41.4 Å². The Bertz CT molecular complexity index is 1020. The van der Waals surface area contributed by atoms with Crippen LogP contribution < -0.4 is 10.7 Å². The summed E-state index contributed by atoms with van der Waals surface area (Å²) in [4.78, 5) is 0. The van der Waals surface area contributed by atoms with Gasteiger partial charge in [0.05, 0.1) is 11.9 Å². The second kappa shape index (κ2) is 8.85. The summed E-state index contributed by atoms with van der Waals surface area (Å²) in [5, 5.41) is 7.97. The zero-order chi connectivity index (χ0) is 20.1. The molecule has 2 N–H and O–H groups in total. The van der Waals surface area contributed by atoms with E-state index in [9.17, 15) is 0 Å². The van der Waals surface area contributed by atoms with Crippen molar-refractivity contribution in [3.05, 3.63) is 88.2 Å². The first kappa shape index (κ1) is 19.8. The van der Waals surface area contributed by atoms with Gasteiger partial charge in [0, 0.05) is 18.4 Å². The molecule has 0 saturated heterocycles. The van der Waals surface area contributed by atoms with E-state index in [0.717, 1.165) is 17.9 Å². The van der Waals surface area contributed by atoms with Crippen molar-refractivity contribution in [2.75, 3.05) is 5.32 Å². The molecular formula is C23H26N4S. The van der Waals surface area contributed by atoms with Crippen molar-refractivity contribution in [2.45, 2.75) is 34.2 Å². The molecule has 0 aliphatic heterocycles. The molecule has 0 atom stereocenters. The Kier molecular flexibility index (Phi) is 6.26. The number of hydrazone groups is 1.